The van der Waals surface area contributed by atoms with Crippen LogP contribution in [0.2, 0.25) is 0 Å². The normalized spacial score (nSPS) is 12.9. The highest BCUT2D eigenvalue weighted by atomic mass is 32.2. The lowest BCUT2D eigenvalue weighted by Crippen LogP contribution is -2.25. The fourth-order valence-electron chi connectivity index (χ4n) is 1.07. The highest BCUT2D eigenvalue weighted by Crippen LogP contribution is 2.26. The van der Waals surface area contributed by atoms with Gasteiger partial charge < -0.3 is 4.18 Å². The van der Waals surface area contributed by atoms with Crippen molar-refractivity contribution in [2.45, 2.75) is 12.4 Å². The average Bonchev–Trinajstić information content (AvgIpc) is 2.29. The molecule has 1 aromatic carbocycles. The van der Waals surface area contributed by atoms with Crippen LogP contribution in [0.3, 0.4) is 0 Å². The Kier molecular flexibility index (Phi) is 4.27. The van der Waals surface area contributed by atoms with Gasteiger partial charge in [0.2, 0.25) is 0 Å². The monoisotopic (exact) mass is 290 g/mol. The lowest BCUT2D eigenvalue weighted by atomic mass is 10.1. The molecule has 7 heteroatoms. The van der Waals surface area contributed by atoms with Crippen LogP contribution < -0.4 is 0 Å². The second kappa shape index (κ2) is 5.36. The van der Waals surface area contributed by atoms with Crippen LogP contribution in [0.1, 0.15) is 11.1 Å². The Morgan fingerprint density at radius 3 is 2.26 bits per heavy atom. The van der Waals surface area contributed by atoms with Gasteiger partial charge in [-0.15, -0.1) is 6.42 Å². The van der Waals surface area contributed by atoms with Crippen LogP contribution in [-0.2, 0) is 14.3 Å². The Balaban J connectivity index is 3.04. The Hall–Kier alpha value is -1.94. The van der Waals surface area contributed by atoms with E-state index in [1.54, 1.807) is 30.2 Å². The van der Waals surface area contributed by atoms with E-state index in [9.17, 15) is 21.6 Å². The smallest absolute Gasteiger partial charge is 0.367 e. The Morgan fingerprint density at radius 2 is 1.84 bits per heavy atom. The van der Waals surface area contributed by atoms with E-state index in [0.717, 1.165) is 11.6 Å². The molecule has 3 nitrogen and oxygen atoms in total. The van der Waals surface area contributed by atoms with Gasteiger partial charge in [-0.05, 0) is 24.5 Å². The van der Waals surface area contributed by atoms with Crippen molar-refractivity contribution in [3.05, 3.63) is 41.2 Å². The van der Waals surface area contributed by atoms with Gasteiger partial charge in [-0.25, -0.2) is 0 Å². The van der Waals surface area contributed by atoms with Gasteiger partial charge in [0, 0.05) is 0 Å². The average molecular weight is 290 g/mol. The van der Waals surface area contributed by atoms with Crippen molar-refractivity contribution < 1.29 is 25.8 Å². The number of rotatable bonds is 3. The minimum Gasteiger partial charge on any atom is -0.367 e. The largest absolute Gasteiger partial charge is 0.534 e. The zero-order valence-corrected chi connectivity index (χ0v) is 10.5. The van der Waals surface area contributed by atoms with Crippen molar-refractivity contribution in [1.82, 2.24) is 0 Å². The van der Waals surface area contributed by atoms with Gasteiger partial charge in [0.25, 0.3) is 0 Å². The number of hydrogen-bond acceptors (Lipinski definition) is 3. The molecule has 0 unspecified atom stereocenters. The molecule has 0 saturated heterocycles. The van der Waals surface area contributed by atoms with E-state index in [1.165, 1.54) is 0 Å². The lowest BCUT2D eigenvalue weighted by molar-refractivity contribution is -0.0518. The minimum absolute atomic E-state index is 0.427. The van der Waals surface area contributed by atoms with Crippen LogP contribution in [0.4, 0.5) is 13.2 Å². The van der Waals surface area contributed by atoms with E-state index < -0.39 is 21.4 Å². The molecule has 0 aliphatic carbocycles. The summed E-state index contributed by atoms with van der Waals surface area (Å²) in [6.07, 6.45) is 5.96. The molecule has 1 rings (SSSR count). The zero-order chi connectivity index (χ0) is 14.7. The highest BCUT2D eigenvalue weighted by Gasteiger charge is 2.48. The van der Waals surface area contributed by atoms with Gasteiger partial charge in [0.15, 0.2) is 5.76 Å². The maximum atomic E-state index is 12.1. The van der Waals surface area contributed by atoms with E-state index in [1.807, 2.05) is 6.92 Å². The van der Waals surface area contributed by atoms with Crippen molar-refractivity contribution in [1.29, 1.82) is 0 Å². The molecule has 1 aromatic rings. The summed E-state index contributed by atoms with van der Waals surface area (Å²) in [7, 11) is -5.75. The van der Waals surface area contributed by atoms with Crippen LogP contribution in [-0.4, -0.2) is 13.9 Å². The molecule has 0 amide bonds. The van der Waals surface area contributed by atoms with Gasteiger partial charge in [-0.1, -0.05) is 29.8 Å². The molecule has 0 aromatic heterocycles. The first kappa shape index (κ1) is 15.1. The van der Waals surface area contributed by atoms with E-state index in [4.69, 9.17) is 6.42 Å². The van der Waals surface area contributed by atoms with E-state index in [-0.39, 0.29) is 0 Å². The lowest BCUT2D eigenvalue weighted by Gasteiger charge is -2.08. The summed E-state index contributed by atoms with van der Waals surface area (Å²) in [5.74, 6) is 1.02. The van der Waals surface area contributed by atoms with Crippen LogP contribution in [0.5, 0.6) is 0 Å². The summed E-state index contributed by atoms with van der Waals surface area (Å²) in [5, 5.41) is 0. The van der Waals surface area contributed by atoms with Crippen molar-refractivity contribution in [3.8, 4) is 12.3 Å². The van der Waals surface area contributed by atoms with Crippen LogP contribution in [0, 0.1) is 19.3 Å². The van der Waals surface area contributed by atoms with Crippen molar-refractivity contribution in [3.63, 3.8) is 0 Å². The standard InChI is InChI=1S/C12H9F3O3S/c1-3-11(18-19(16,17)12(13,14)15)8-10-6-4-9(2)5-7-10/h1,4-8H,2H3/b11-8+. The molecule has 0 saturated carbocycles. The predicted octanol–water partition coefficient (Wildman–Crippen LogP) is 2.84. The molecule has 0 bridgehead atoms. The Labute approximate surface area is 108 Å². The van der Waals surface area contributed by atoms with E-state index >= 15 is 0 Å². The van der Waals surface area contributed by atoms with Crippen molar-refractivity contribution in [2.75, 3.05) is 0 Å². The number of benzene rings is 1. The van der Waals surface area contributed by atoms with E-state index in [0.29, 0.717) is 5.56 Å². The van der Waals surface area contributed by atoms with Crippen molar-refractivity contribution >= 4 is 16.2 Å². The molecule has 0 atom stereocenters. The predicted molar refractivity (Wildman–Crippen MR) is 64.0 cm³/mol. The van der Waals surface area contributed by atoms with Gasteiger partial charge >= 0.3 is 15.6 Å². The molecule has 0 spiro atoms. The number of terminal acetylenes is 1. The summed E-state index contributed by atoms with van der Waals surface area (Å²) in [6.45, 7) is 1.82. The summed E-state index contributed by atoms with van der Waals surface area (Å²) in [5.41, 5.74) is -4.16. The summed E-state index contributed by atoms with van der Waals surface area (Å²) in [6, 6.07) is 6.52. The molecule has 19 heavy (non-hydrogen) atoms. The molecule has 0 fully saturated rings. The number of hydrogen-bond donors (Lipinski definition) is 0. The maximum absolute atomic E-state index is 12.1. The minimum atomic E-state index is -5.75. The SMILES string of the molecule is C#C/C(=C\c1ccc(C)cc1)OS(=O)(=O)C(F)(F)F. The number of alkyl halides is 3. The molecule has 102 valence electrons. The third kappa shape index (κ3) is 4.03. The Morgan fingerprint density at radius 1 is 1.32 bits per heavy atom. The second-order valence-electron chi connectivity index (χ2n) is 3.55. The fourth-order valence-corrected chi connectivity index (χ4v) is 1.50. The summed E-state index contributed by atoms with van der Waals surface area (Å²) < 4.78 is 61.8. The maximum Gasteiger partial charge on any atom is 0.534 e. The first-order chi connectivity index (χ1) is 8.65. The van der Waals surface area contributed by atoms with Gasteiger partial charge in [0.1, 0.15) is 0 Å². The number of halogens is 3. The summed E-state index contributed by atoms with van der Waals surface area (Å²) >= 11 is 0. The van der Waals surface area contributed by atoms with Crippen LogP contribution in [0.25, 0.3) is 6.08 Å². The van der Waals surface area contributed by atoms with E-state index in [2.05, 4.69) is 4.18 Å². The molecule has 0 radical (unpaired) electrons. The highest BCUT2D eigenvalue weighted by molar-refractivity contribution is 7.87. The third-order valence-corrected chi connectivity index (χ3v) is 2.97. The topological polar surface area (TPSA) is 43.4 Å². The molecule has 0 aliphatic heterocycles. The molecular formula is C12H9F3O3S. The fraction of sp³-hybridized carbons (Fsp3) is 0.167. The Bertz CT molecular complexity index is 620. The van der Waals surface area contributed by atoms with Crippen LogP contribution >= 0.6 is 0 Å². The first-order valence-corrected chi connectivity index (χ1v) is 6.32. The third-order valence-electron chi connectivity index (χ3n) is 2.00. The first-order valence-electron chi connectivity index (χ1n) is 4.91. The molecule has 0 N–H and O–H groups in total. The van der Waals surface area contributed by atoms with Gasteiger partial charge in [0.05, 0.1) is 0 Å². The quantitative estimate of drug-likeness (QED) is 0.372. The van der Waals surface area contributed by atoms with Crippen molar-refractivity contribution in [2.24, 2.45) is 0 Å². The summed E-state index contributed by atoms with van der Waals surface area (Å²) in [4.78, 5) is 0. The number of allylic oxidation sites excluding steroid dienone is 1. The molecular weight excluding hydrogens is 281 g/mol. The van der Waals surface area contributed by atoms with Gasteiger partial charge in [-0.2, -0.15) is 21.6 Å². The molecule has 0 heterocycles. The molecule has 0 aliphatic rings. The zero-order valence-electron chi connectivity index (χ0n) is 9.73. The van der Waals surface area contributed by atoms with Crippen LogP contribution in [0.15, 0.2) is 30.0 Å². The van der Waals surface area contributed by atoms with Gasteiger partial charge in [-0.3, -0.25) is 0 Å². The number of aryl methyl sites for hydroxylation is 1. The second-order valence-corrected chi connectivity index (χ2v) is 5.08.